The van der Waals surface area contributed by atoms with E-state index in [1.807, 2.05) is 38.1 Å². The second kappa shape index (κ2) is 7.99. The highest BCUT2D eigenvalue weighted by Gasteiger charge is 2.23. The average Bonchev–Trinajstić information content (AvgIpc) is 3.20. The van der Waals surface area contributed by atoms with Crippen LogP contribution in [0.2, 0.25) is 0 Å². The zero-order valence-corrected chi connectivity index (χ0v) is 16.3. The molecule has 0 radical (unpaired) electrons. The Kier molecular flexibility index (Phi) is 5.71. The van der Waals surface area contributed by atoms with E-state index in [0.29, 0.717) is 42.0 Å². The molecule has 0 bridgehead atoms. The van der Waals surface area contributed by atoms with Gasteiger partial charge in [0.1, 0.15) is 10.7 Å². The predicted octanol–water partition coefficient (Wildman–Crippen LogP) is 0.661. The first-order chi connectivity index (χ1) is 12.5. The summed E-state index contributed by atoms with van der Waals surface area (Å²) in [5, 5.41) is 9.61. The van der Waals surface area contributed by atoms with Gasteiger partial charge in [-0.15, -0.1) is 22.7 Å². The van der Waals surface area contributed by atoms with Crippen molar-refractivity contribution in [3.05, 3.63) is 41.4 Å². The molecular formula is C18H19N3O3S2. The normalized spacial score (nSPS) is 16.5. The van der Waals surface area contributed by atoms with Crippen LogP contribution in [0.25, 0.3) is 11.6 Å². The quantitative estimate of drug-likeness (QED) is 0.773. The summed E-state index contributed by atoms with van der Waals surface area (Å²) >= 11 is 2.80. The maximum absolute atomic E-state index is 12.8. The lowest BCUT2D eigenvalue weighted by Crippen LogP contribution is -2.42. The lowest BCUT2D eigenvalue weighted by atomic mass is 10.2. The van der Waals surface area contributed by atoms with Crippen LogP contribution < -0.4 is 14.8 Å². The van der Waals surface area contributed by atoms with Gasteiger partial charge in [-0.2, -0.15) is 5.26 Å². The van der Waals surface area contributed by atoms with Crippen molar-refractivity contribution >= 4 is 40.2 Å². The highest BCUT2D eigenvalue weighted by atomic mass is 32.1. The minimum Gasteiger partial charge on any atom is -0.378 e. The van der Waals surface area contributed by atoms with Crippen LogP contribution >= 0.6 is 22.7 Å². The number of carbonyl (C=O) groups excluding carboxylic acids is 1. The van der Waals surface area contributed by atoms with E-state index in [1.165, 1.54) is 15.9 Å². The van der Waals surface area contributed by atoms with Gasteiger partial charge in [0.25, 0.3) is 11.5 Å². The molecular weight excluding hydrogens is 370 g/mol. The summed E-state index contributed by atoms with van der Waals surface area (Å²) < 4.78 is 7.73. The Morgan fingerprint density at radius 2 is 2.08 bits per heavy atom. The van der Waals surface area contributed by atoms with Gasteiger partial charge in [-0.1, -0.05) is 0 Å². The number of hydrogen-bond acceptors (Lipinski definition) is 6. The van der Waals surface area contributed by atoms with Gasteiger partial charge in [0.2, 0.25) is 0 Å². The van der Waals surface area contributed by atoms with Gasteiger partial charge in [0, 0.05) is 29.4 Å². The molecule has 3 heterocycles. The minimum atomic E-state index is -0.335. The number of carbonyl (C=O) groups is 1. The van der Waals surface area contributed by atoms with Crippen LogP contribution in [0.3, 0.4) is 0 Å². The number of aromatic nitrogens is 1. The molecule has 0 N–H and O–H groups in total. The topological polar surface area (TPSA) is 75.3 Å². The van der Waals surface area contributed by atoms with Gasteiger partial charge in [-0.05, 0) is 32.1 Å². The minimum absolute atomic E-state index is 0.0258. The number of rotatable bonds is 3. The third-order valence-electron chi connectivity index (χ3n) is 4.10. The molecule has 8 heteroatoms. The number of ether oxygens (including phenoxy) is 1. The maximum atomic E-state index is 12.8. The number of thiazole rings is 1. The van der Waals surface area contributed by atoms with Gasteiger partial charge < -0.3 is 9.64 Å². The Morgan fingerprint density at radius 3 is 2.65 bits per heavy atom. The molecule has 0 spiro atoms. The van der Waals surface area contributed by atoms with Crippen molar-refractivity contribution in [2.45, 2.75) is 20.4 Å². The van der Waals surface area contributed by atoms with Gasteiger partial charge in [-0.3, -0.25) is 14.2 Å². The van der Waals surface area contributed by atoms with Gasteiger partial charge in [0.15, 0.2) is 5.57 Å². The van der Waals surface area contributed by atoms with Crippen molar-refractivity contribution in [2.24, 2.45) is 0 Å². The van der Waals surface area contributed by atoms with Crippen molar-refractivity contribution in [1.29, 1.82) is 5.26 Å². The van der Waals surface area contributed by atoms with E-state index in [9.17, 15) is 14.9 Å². The molecule has 1 aliphatic heterocycles. The Labute approximate surface area is 158 Å². The van der Waals surface area contributed by atoms with E-state index in [0.717, 1.165) is 9.75 Å². The SMILES string of the molecule is CCn1c(=O)/c(=C/c2ccc(C)s2)s/c1=C(/C#N)C(=O)N1CCOCC1. The van der Waals surface area contributed by atoms with Crippen LogP contribution in [-0.4, -0.2) is 41.7 Å². The largest absolute Gasteiger partial charge is 0.378 e. The van der Waals surface area contributed by atoms with E-state index >= 15 is 0 Å². The average molecular weight is 390 g/mol. The number of nitriles is 1. The van der Waals surface area contributed by atoms with Gasteiger partial charge in [-0.25, -0.2) is 0 Å². The second-order valence-electron chi connectivity index (χ2n) is 5.81. The first-order valence-corrected chi connectivity index (χ1v) is 9.97. The molecule has 3 rings (SSSR count). The highest BCUT2D eigenvalue weighted by Crippen LogP contribution is 2.15. The highest BCUT2D eigenvalue weighted by molar-refractivity contribution is 7.13. The molecule has 0 saturated carbocycles. The van der Waals surface area contributed by atoms with Crippen molar-refractivity contribution in [1.82, 2.24) is 9.47 Å². The van der Waals surface area contributed by atoms with Gasteiger partial charge in [0.05, 0.1) is 17.7 Å². The lowest BCUT2D eigenvalue weighted by Gasteiger charge is -2.26. The smallest absolute Gasteiger partial charge is 0.269 e. The zero-order valence-electron chi connectivity index (χ0n) is 14.7. The van der Waals surface area contributed by atoms with Crippen molar-refractivity contribution in [2.75, 3.05) is 26.3 Å². The third-order valence-corrected chi connectivity index (χ3v) is 6.17. The molecule has 0 aromatic carbocycles. The molecule has 0 unspecified atom stereocenters. The van der Waals surface area contributed by atoms with E-state index in [2.05, 4.69) is 0 Å². The number of amides is 1. The van der Waals surface area contributed by atoms with E-state index in [-0.39, 0.29) is 17.0 Å². The summed E-state index contributed by atoms with van der Waals surface area (Å²) in [6.45, 7) is 6.10. The van der Waals surface area contributed by atoms with Crippen LogP contribution in [-0.2, 0) is 16.1 Å². The van der Waals surface area contributed by atoms with Crippen LogP contribution in [0.1, 0.15) is 16.7 Å². The fourth-order valence-corrected chi connectivity index (χ4v) is 4.81. The Hall–Kier alpha value is -2.21. The fraction of sp³-hybridized carbons (Fsp3) is 0.389. The molecule has 1 saturated heterocycles. The van der Waals surface area contributed by atoms with Crippen LogP contribution in [0.4, 0.5) is 0 Å². The number of aryl methyl sites for hydroxylation is 1. The summed E-state index contributed by atoms with van der Waals surface area (Å²) in [7, 11) is 0. The fourth-order valence-electron chi connectivity index (χ4n) is 2.76. The van der Waals surface area contributed by atoms with E-state index < -0.39 is 0 Å². The van der Waals surface area contributed by atoms with Crippen molar-refractivity contribution in [3.63, 3.8) is 0 Å². The molecule has 2 aromatic heterocycles. The molecule has 26 heavy (non-hydrogen) atoms. The molecule has 1 fully saturated rings. The summed E-state index contributed by atoms with van der Waals surface area (Å²) in [5.74, 6) is -0.335. The molecule has 2 aromatic rings. The van der Waals surface area contributed by atoms with Crippen molar-refractivity contribution < 1.29 is 9.53 Å². The molecule has 136 valence electrons. The maximum Gasteiger partial charge on any atom is 0.269 e. The lowest BCUT2D eigenvalue weighted by molar-refractivity contribution is -0.128. The summed E-state index contributed by atoms with van der Waals surface area (Å²) in [6.07, 6.45) is 1.83. The molecule has 0 atom stereocenters. The van der Waals surface area contributed by atoms with E-state index in [1.54, 1.807) is 16.2 Å². The first-order valence-electron chi connectivity index (χ1n) is 8.34. The zero-order chi connectivity index (χ0) is 18.7. The number of hydrogen-bond donors (Lipinski definition) is 0. The first kappa shape index (κ1) is 18.6. The summed E-state index contributed by atoms with van der Waals surface area (Å²) in [4.78, 5) is 29.3. The summed E-state index contributed by atoms with van der Waals surface area (Å²) in [6, 6.07) is 5.98. The number of morpholine rings is 1. The van der Waals surface area contributed by atoms with Crippen LogP contribution in [0, 0.1) is 18.3 Å². The molecule has 6 nitrogen and oxygen atoms in total. The Morgan fingerprint density at radius 1 is 1.35 bits per heavy atom. The molecule has 1 aliphatic rings. The van der Waals surface area contributed by atoms with Crippen molar-refractivity contribution in [3.8, 4) is 6.07 Å². The Balaban J connectivity index is 2.16. The molecule has 1 amide bonds. The van der Waals surface area contributed by atoms with Crippen LogP contribution in [0.15, 0.2) is 16.9 Å². The van der Waals surface area contributed by atoms with Crippen LogP contribution in [0.5, 0.6) is 0 Å². The predicted molar refractivity (Wildman–Crippen MR) is 103 cm³/mol. The van der Waals surface area contributed by atoms with Gasteiger partial charge >= 0.3 is 0 Å². The third kappa shape index (κ3) is 3.65. The summed E-state index contributed by atoms with van der Waals surface area (Å²) in [5.41, 5.74) is -0.140. The standard InChI is InChI=1S/C18H19N3O3S2/c1-3-21-17(23)15(10-13-5-4-12(2)25-13)26-18(21)14(11-19)16(22)20-6-8-24-9-7-20/h4-5,10H,3,6-9H2,1-2H3/b15-10-,18-14-. The number of thiophene rings is 1. The number of nitrogens with zero attached hydrogens (tertiary/aromatic N) is 3. The molecule has 0 aliphatic carbocycles. The van der Waals surface area contributed by atoms with E-state index in [4.69, 9.17) is 4.74 Å². The second-order valence-corrected chi connectivity index (χ2v) is 8.16. The monoisotopic (exact) mass is 389 g/mol. The Bertz CT molecular complexity index is 1030.